The van der Waals surface area contributed by atoms with Crippen molar-refractivity contribution in [2.75, 3.05) is 6.61 Å². The lowest BCUT2D eigenvalue weighted by molar-refractivity contribution is -0.188. The highest BCUT2D eigenvalue weighted by atomic mass is 32.2. The number of ether oxygens (including phenoxy) is 2. The number of aromatic nitrogens is 3. The SMILES string of the molecule is C[C@H](O[C@H]1CCCCO1)c1nccn1Cc1cc(-c2ccc(C#CC3CC(C(F)(F)F)(S(=O)(=O)O)C3)cc2)on1. The Bertz CT molecular complexity index is 1490. The van der Waals surface area contributed by atoms with Crippen molar-refractivity contribution in [1.29, 1.82) is 0 Å². The van der Waals surface area contributed by atoms with Crippen LogP contribution in [0.4, 0.5) is 13.2 Å². The van der Waals surface area contributed by atoms with Gasteiger partial charge >= 0.3 is 6.18 Å². The second-order valence-electron chi connectivity index (χ2n) is 10.1. The Morgan fingerprint density at radius 1 is 1.25 bits per heavy atom. The summed E-state index contributed by atoms with van der Waals surface area (Å²) in [5, 5.41) is 4.16. The van der Waals surface area contributed by atoms with Gasteiger partial charge in [0.05, 0.1) is 6.54 Å². The Morgan fingerprint density at radius 2 is 2.00 bits per heavy atom. The standard InChI is InChI=1S/C27H28F3N3O6S/c1-18(38-24-4-2-3-13-37-24)25-31-11-12-33(25)17-22-14-23(39-32-22)21-9-7-19(8-10-21)5-6-20-15-26(16-20,27(28,29)30)40(34,35)36/h7-12,14,18,20,24H,2-4,13,15-17H2,1H3,(H,34,35,36)/t18-,20?,24-,26?/m0/s1. The first-order valence-electron chi connectivity index (χ1n) is 12.8. The molecule has 13 heteroatoms. The lowest BCUT2D eigenvalue weighted by atomic mass is 9.74. The van der Waals surface area contributed by atoms with Gasteiger partial charge in [-0.3, -0.25) is 4.55 Å². The fraction of sp³-hybridized carbons (Fsp3) is 0.481. The molecule has 3 aromatic rings. The lowest BCUT2D eigenvalue weighted by Crippen LogP contribution is -2.60. The first-order chi connectivity index (χ1) is 18.9. The molecule has 0 spiro atoms. The summed E-state index contributed by atoms with van der Waals surface area (Å²) < 4.78 is 87.5. The molecule has 2 aliphatic rings. The minimum atomic E-state index is -5.29. The maximum Gasteiger partial charge on any atom is 0.410 e. The van der Waals surface area contributed by atoms with Gasteiger partial charge in [-0.2, -0.15) is 21.6 Å². The summed E-state index contributed by atoms with van der Waals surface area (Å²) in [5.41, 5.74) is 1.95. The molecule has 2 aromatic heterocycles. The number of benzene rings is 1. The Morgan fingerprint density at radius 3 is 2.65 bits per heavy atom. The molecule has 1 saturated carbocycles. The van der Waals surface area contributed by atoms with Crippen LogP contribution in [-0.2, 0) is 26.1 Å². The Hall–Kier alpha value is -3.18. The van der Waals surface area contributed by atoms with E-state index in [4.69, 9.17) is 18.5 Å². The Kier molecular flexibility index (Phi) is 7.80. The second-order valence-corrected chi connectivity index (χ2v) is 11.8. The molecule has 5 rings (SSSR count). The van der Waals surface area contributed by atoms with Crippen LogP contribution in [0.5, 0.6) is 0 Å². The number of nitrogens with zero attached hydrogens (tertiary/aromatic N) is 3. The summed E-state index contributed by atoms with van der Waals surface area (Å²) in [6.45, 7) is 3.05. The molecule has 2 atom stereocenters. The number of halogens is 3. The third-order valence-electron chi connectivity index (χ3n) is 7.25. The van der Waals surface area contributed by atoms with E-state index < -0.39 is 39.8 Å². The summed E-state index contributed by atoms with van der Waals surface area (Å²) in [6, 6.07) is 8.67. The smallest absolute Gasteiger partial charge is 0.356 e. The van der Waals surface area contributed by atoms with Gasteiger partial charge in [0.1, 0.15) is 17.6 Å². The van der Waals surface area contributed by atoms with Crippen molar-refractivity contribution in [2.45, 2.75) is 68.9 Å². The Labute approximate surface area is 229 Å². The average Bonchev–Trinajstić information content (AvgIpc) is 3.53. The van der Waals surface area contributed by atoms with Crippen LogP contribution in [-0.4, -0.2) is 51.5 Å². The van der Waals surface area contributed by atoms with Crippen LogP contribution in [0.1, 0.15) is 62.2 Å². The van der Waals surface area contributed by atoms with E-state index in [0.29, 0.717) is 30.2 Å². The van der Waals surface area contributed by atoms with E-state index in [-0.39, 0.29) is 12.4 Å². The summed E-state index contributed by atoms with van der Waals surface area (Å²) in [4.78, 5) is 4.44. The van der Waals surface area contributed by atoms with Crippen LogP contribution in [0.15, 0.2) is 47.2 Å². The number of imidazole rings is 1. The molecule has 40 heavy (non-hydrogen) atoms. The molecule has 9 nitrogen and oxygen atoms in total. The molecule has 214 valence electrons. The third-order valence-corrected chi connectivity index (χ3v) is 8.80. The van der Waals surface area contributed by atoms with Gasteiger partial charge in [0, 0.05) is 42.1 Å². The van der Waals surface area contributed by atoms with E-state index in [1.165, 1.54) is 0 Å². The predicted molar refractivity (Wildman–Crippen MR) is 136 cm³/mol. The zero-order chi connectivity index (χ0) is 28.5. The van der Waals surface area contributed by atoms with Crippen LogP contribution >= 0.6 is 0 Å². The zero-order valence-corrected chi connectivity index (χ0v) is 22.4. The van der Waals surface area contributed by atoms with Gasteiger partial charge in [-0.25, -0.2) is 4.98 Å². The first-order valence-corrected chi connectivity index (χ1v) is 14.3. The van der Waals surface area contributed by atoms with Crippen LogP contribution < -0.4 is 0 Å². The Balaban J connectivity index is 1.20. The first kappa shape index (κ1) is 28.4. The largest absolute Gasteiger partial charge is 0.410 e. The molecule has 1 aliphatic heterocycles. The molecule has 0 bridgehead atoms. The minimum Gasteiger partial charge on any atom is -0.356 e. The van der Waals surface area contributed by atoms with E-state index in [2.05, 4.69) is 22.0 Å². The molecule has 0 unspecified atom stereocenters. The summed E-state index contributed by atoms with van der Waals surface area (Å²) in [5.74, 6) is 5.93. The van der Waals surface area contributed by atoms with Crippen molar-refractivity contribution in [2.24, 2.45) is 5.92 Å². The molecule has 2 fully saturated rings. The highest BCUT2D eigenvalue weighted by Crippen LogP contribution is 2.53. The highest BCUT2D eigenvalue weighted by molar-refractivity contribution is 7.87. The van der Waals surface area contributed by atoms with Crippen LogP contribution in [0.3, 0.4) is 0 Å². The quantitative estimate of drug-likeness (QED) is 0.302. The van der Waals surface area contributed by atoms with E-state index in [1.54, 1.807) is 36.5 Å². The van der Waals surface area contributed by atoms with Gasteiger partial charge in [-0.1, -0.05) is 17.0 Å². The van der Waals surface area contributed by atoms with Crippen LogP contribution in [0, 0.1) is 17.8 Å². The number of alkyl halides is 3. The van der Waals surface area contributed by atoms with Crippen molar-refractivity contribution < 1.29 is 40.1 Å². The van der Waals surface area contributed by atoms with Gasteiger partial charge in [0.2, 0.25) is 0 Å². The molecule has 1 aliphatic carbocycles. The average molecular weight is 580 g/mol. The molecular formula is C27H28F3N3O6S. The van der Waals surface area contributed by atoms with Crippen molar-refractivity contribution >= 4 is 10.1 Å². The third kappa shape index (κ3) is 5.81. The topological polar surface area (TPSA) is 117 Å². The van der Waals surface area contributed by atoms with Gasteiger partial charge in [-0.05, 0) is 63.3 Å². The van der Waals surface area contributed by atoms with Gasteiger partial charge < -0.3 is 18.6 Å². The molecule has 1 N–H and O–H groups in total. The van der Waals surface area contributed by atoms with Gasteiger partial charge in [0.25, 0.3) is 10.1 Å². The molecular weight excluding hydrogens is 551 g/mol. The van der Waals surface area contributed by atoms with Crippen LogP contribution in [0.25, 0.3) is 11.3 Å². The monoisotopic (exact) mass is 579 g/mol. The molecule has 1 saturated heterocycles. The summed E-state index contributed by atoms with van der Waals surface area (Å²) in [7, 11) is -5.29. The van der Waals surface area contributed by atoms with Crippen LogP contribution in [0.2, 0.25) is 0 Å². The highest BCUT2D eigenvalue weighted by Gasteiger charge is 2.69. The lowest BCUT2D eigenvalue weighted by Gasteiger charge is -2.43. The van der Waals surface area contributed by atoms with Crippen molar-refractivity contribution in [1.82, 2.24) is 14.7 Å². The number of rotatable bonds is 7. The van der Waals surface area contributed by atoms with Crippen molar-refractivity contribution in [3.05, 3.63) is 59.8 Å². The number of hydrogen-bond acceptors (Lipinski definition) is 7. The van der Waals surface area contributed by atoms with Crippen molar-refractivity contribution in [3.63, 3.8) is 0 Å². The molecule has 1 aromatic carbocycles. The van der Waals surface area contributed by atoms with E-state index in [9.17, 15) is 21.6 Å². The minimum absolute atomic E-state index is 0.237. The maximum atomic E-state index is 13.2. The van der Waals surface area contributed by atoms with E-state index in [1.807, 2.05) is 17.7 Å². The second kappa shape index (κ2) is 11.0. The summed E-state index contributed by atoms with van der Waals surface area (Å²) >= 11 is 0. The van der Waals surface area contributed by atoms with Gasteiger partial charge in [-0.15, -0.1) is 0 Å². The fourth-order valence-electron chi connectivity index (χ4n) is 4.95. The normalized spacial score (nSPS) is 24.1. The molecule has 0 amide bonds. The maximum absolute atomic E-state index is 13.2. The molecule has 0 radical (unpaired) electrons. The number of hydrogen-bond donors (Lipinski definition) is 1. The summed E-state index contributed by atoms with van der Waals surface area (Å²) in [6.07, 6.45) is -0.641. The zero-order valence-electron chi connectivity index (χ0n) is 21.6. The fourth-order valence-corrected chi connectivity index (χ4v) is 6.06. The van der Waals surface area contributed by atoms with E-state index >= 15 is 0 Å². The predicted octanol–water partition coefficient (Wildman–Crippen LogP) is 5.14. The van der Waals surface area contributed by atoms with Gasteiger partial charge in [0.15, 0.2) is 16.8 Å². The molecule has 3 heterocycles. The van der Waals surface area contributed by atoms with E-state index in [0.717, 1.165) is 30.7 Å². The van der Waals surface area contributed by atoms with Crippen molar-refractivity contribution in [3.8, 4) is 23.2 Å².